The molecule has 2 unspecified atom stereocenters. The SMILES string of the molecule is CCOc1ccc(CCC(=O)N2CC3CCCCC3C2)cc1OC. The van der Waals surface area contributed by atoms with Crippen molar-refractivity contribution in [2.24, 2.45) is 11.8 Å². The highest BCUT2D eigenvalue weighted by molar-refractivity contribution is 5.76. The number of hydrogen-bond acceptors (Lipinski definition) is 3. The van der Waals surface area contributed by atoms with Crippen LogP contribution in [0, 0.1) is 11.8 Å². The van der Waals surface area contributed by atoms with Gasteiger partial charge in [-0.2, -0.15) is 0 Å². The van der Waals surface area contributed by atoms with Crippen LogP contribution in [0.25, 0.3) is 0 Å². The summed E-state index contributed by atoms with van der Waals surface area (Å²) in [5.41, 5.74) is 1.13. The summed E-state index contributed by atoms with van der Waals surface area (Å²) >= 11 is 0. The van der Waals surface area contributed by atoms with Gasteiger partial charge in [-0.25, -0.2) is 0 Å². The first-order valence-corrected chi connectivity index (χ1v) is 9.28. The standard InChI is InChI=1S/C20H29NO3/c1-3-24-18-10-8-15(12-19(18)23-2)9-11-20(22)21-13-16-6-4-5-7-17(16)14-21/h8,10,12,16-17H,3-7,9,11,13-14H2,1-2H3. The second-order valence-corrected chi connectivity index (χ2v) is 7.02. The quantitative estimate of drug-likeness (QED) is 0.798. The van der Waals surface area contributed by atoms with Gasteiger partial charge in [-0.15, -0.1) is 0 Å². The second kappa shape index (κ2) is 7.91. The van der Waals surface area contributed by atoms with E-state index in [1.807, 2.05) is 25.1 Å². The predicted molar refractivity (Wildman–Crippen MR) is 94.5 cm³/mol. The van der Waals surface area contributed by atoms with E-state index in [9.17, 15) is 4.79 Å². The highest BCUT2D eigenvalue weighted by atomic mass is 16.5. The van der Waals surface area contributed by atoms with Gasteiger partial charge in [0.05, 0.1) is 13.7 Å². The maximum Gasteiger partial charge on any atom is 0.222 e. The number of fused-ring (bicyclic) bond motifs is 1. The molecule has 24 heavy (non-hydrogen) atoms. The lowest BCUT2D eigenvalue weighted by molar-refractivity contribution is -0.130. The lowest BCUT2D eigenvalue weighted by Gasteiger charge is -2.22. The number of hydrogen-bond donors (Lipinski definition) is 0. The van der Waals surface area contributed by atoms with E-state index in [1.54, 1.807) is 7.11 Å². The van der Waals surface area contributed by atoms with Crippen molar-refractivity contribution in [1.29, 1.82) is 0 Å². The van der Waals surface area contributed by atoms with Crippen molar-refractivity contribution in [1.82, 2.24) is 4.90 Å². The Balaban J connectivity index is 1.54. The van der Waals surface area contributed by atoms with Crippen LogP contribution in [0.3, 0.4) is 0 Å². The van der Waals surface area contributed by atoms with Gasteiger partial charge in [0.15, 0.2) is 11.5 Å². The van der Waals surface area contributed by atoms with Crippen LogP contribution in [0.1, 0.15) is 44.6 Å². The Kier molecular flexibility index (Phi) is 5.64. The molecule has 2 atom stereocenters. The van der Waals surface area contributed by atoms with Gasteiger partial charge < -0.3 is 14.4 Å². The molecule has 3 rings (SSSR count). The Morgan fingerprint density at radius 2 is 1.88 bits per heavy atom. The van der Waals surface area contributed by atoms with E-state index < -0.39 is 0 Å². The molecule has 2 fully saturated rings. The number of methoxy groups -OCH3 is 1. The summed E-state index contributed by atoms with van der Waals surface area (Å²) in [6.07, 6.45) is 6.64. The minimum atomic E-state index is 0.303. The molecule has 4 heteroatoms. The fraction of sp³-hybridized carbons (Fsp3) is 0.650. The van der Waals surface area contributed by atoms with E-state index in [-0.39, 0.29) is 0 Å². The maximum absolute atomic E-state index is 12.6. The van der Waals surface area contributed by atoms with Crippen LogP contribution in [-0.2, 0) is 11.2 Å². The fourth-order valence-corrected chi connectivity index (χ4v) is 4.16. The van der Waals surface area contributed by atoms with Gasteiger partial charge in [0.25, 0.3) is 0 Å². The van der Waals surface area contributed by atoms with Crippen molar-refractivity contribution < 1.29 is 14.3 Å². The minimum absolute atomic E-state index is 0.303. The van der Waals surface area contributed by atoms with Gasteiger partial charge in [0.2, 0.25) is 5.91 Å². The van der Waals surface area contributed by atoms with Crippen molar-refractivity contribution in [3.8, 4) is 11.5 Å². The number of carbonyl (C=O) groups excluding carboxylic acids is 1. The number of amides is 1. The van der Waals surface area contributed by atoms with Crippen LogP contribution in [0.5, 0.6) is 11.5 Å². The van der Waals surface area contributed by atoms with Crippen LogP contribution in [-0.4, -0.2) is 37.6 Å². The Bertz CT molecular complexity index is 558. The lowest BCUT2D eigenvalue weighted by atomic mass is 9.82. The second-order valence-electron chi connectivity index (χ2n) is 7.02. The van der Waals surface area contributed by atoms with E-state index in [0.29, 0.717) is 18.9 Å². The zero-order valence-corrected chi connectivity index (χ0v) is 14.9. The number of nitrogens with zero attached hydrogens (tertiary/aromatic N) is 1. The number of ether oxygens (including phenoxy) is 2. The van der Waals surface area contributed by atoms with E-state index in [2.05, 4.69) is 4.90 Å². The number of benzene rings is 1. The maximum atomic E-state index is 12.6. The molecule has 0 bridgehead atoms. The van der Waals surface area contributed by atoms with E-state index >= 15 is 0 Å². The topological polar surface area (TPSA) is 38.8 Å². The smallest absolute Gasteiger partial charge is 0.222 e. The summed E-state index contributed by atoms with van der Waals surface area (Å²) in [5.74, 6) is 3.33. The molecular formula is C20H29NO3. The van der Waals surface area contributed by atoms with Crippen LogP contribution in [0.4, 0.5) is 0 Å². The van der Waals surface area contributed by atoms with Crippen LogP contribution >= 0.6 is 0 Å². The number of carbonyl (C=O) groups is 1. The van der Waals surface area contributed by atoms with Crippen molar-refractivity contribution in [3.63, 3.8) is 0 Å². The third-order valence-electron chi connectivity index (χ3n) is 5.48. The van der Waals surface area contributed by atoms with Gasteiger partial charge in [0, 0.05) is 19.5 Å². The first-order valence-electron chi connectivity index (χ1n) is 9.28. The molecule has 1 aliphatic heterocycles. The molecule has 2 aliphatic rings. The highest BCUT2D eigenvalue weighted by Gasteiger charge is 2.35. The molecule has 1 aromatic carbocycles. The van der Waals surface area contributed by atoms with Crippen LogP contribution in [0.2, 0.25) is 0 Å². The summed E-state index contributed by atoms with van der Waals surface area (Å²) in [6, 6.07) is 5.96. The molecule has 0 aromatic heterocycles. The Morgan fingerprint density at radius 1 is 1.17 bits per heavy atom. The van der Waals surface area contributed by atoms with Crippen molar-refractivity contribution in [2.45, 2.75) is 45.4 Å². The third kappa shape index (κ3) is 3.85. The normalized spacial score (nSPS) is 23.0. The molecule has 1 heterocycles. The minimum Gasteiger partial charge on any atom is -0.493 e. The van der Waals surface area contributed by atoms with Gasteiger partial charge >= 0.3 is 0 Å². The largest absolute Gasteiger partial charge is 0.493 e. The molecule has 0 N–H and O–H groups in total. The third-order valence-corrected chi connectivity index (χ3v) is 5.48. The molecule has 1 amide bonds. The van der Waals surface area contributed by atoms with Gasteiger partial charge in [-0.3, -0.25) is 4.79 Å². The van der Waals surface area contributed by atoms with Crippen molar-refractivity contribution in [2.75, 3.05) is 26.8 Å². The molecular weight excluding hydrogens is 302 g/mol. The molecule has 1 saturated carbocycles. The predicted octanol–water partition coefficient (Wildman–Crippen LogP) is 3.68. The summed E-state index contributed by atoms with van der Waals surface area (Å²) in [6.45, 7) is 4.54. The zero-order valence-electron chi connectivity index (χ0n) is 14.9. The molecule has 1 saturated heterocycles. The van der Waals surface area contributed by atoms with Crippen molar-refractivity contribution >= 4 is 5.91 Å². The summed E-state index contributed by atoms with van der Waals surface area (Å²) < 4.78 is 10.9. The average molecular weight is 331 g/mol. The van der Waals surface area contributed by atoms with Crippen molar-refractivity contribution in [3.05, 3.63) is 23.8 Å². The van der Waals surface area contributed by atoms with Gasteiger partial charge in [-0.05, 0) is 55.7 Å². The van der Waals surface area contributed by atoms with E-state index in [0.717, 1.165) is 48.4 Å². The Hall–Kier alpha value is -1.71. The van der Waals surface area contributed by atoms with E-state index in [1.165, 1.54) is 25.7 Å². The first kappa shape index (κ1) is 17.1. The summed E-state index contributed by atoms with van der Waals surface area (Å²) in [7, 11) is 1.65. The zero-order chi connectivity index (χ0) is 16.9. The highest BCUT2D eigenvalue weighted by Crippen LogP contribution is 2.36. The monoisotopic (exact) mass is 331 g/mol. The molecule has 0 spiro atoms. The van der Waals surface area contributed by atoms with Crippen LogP contribution < -0.4 is 9.47 Å². The molecule has 132 valence electrons. The molecule has 0 radical (unpaired) electrons. The Labute approximate surface area is 145 Å². The van der Waals surface area contributed by atoms with Gasteiger partial charge in [-0.1, -0.05) is 18.9 Å². The fourth-order valence-electron chi connectivity index (χ4n) is 4.16. The average Bonchev–Trinajstić information content (AvgIpc) is 3.05. The first-order chi connectivity index (χ1) is 11.7. The van der Waals surface area contributed by atoms with E-state index in [4.69, 9.17) is 9.47 Å². The lowest BCUT2D eigenvalue weighted by Crippen LogP contribution is -2.29. The van der Waals surface area contributed by atoms with Gasteiger partial charge in [0.1, 0.15) is 0 Å². The molecule has 1 aromatic rings. The summed E-state index contributed by atoms with van der Waals surface area (Å²) in [4.78, 5) is 14.7. The summed E-state index contributed by atoms with van der Waals surface area (Å²) in [5, 5.41) is 0. The van der Waals surface area contributed by atoms with Crippen LogP contribution in [0.15, 0.2) is 18.2 Å². The Morgan fingerprint density at radius 3 is 2.50 bits per heavy atom. The molecule has 4 nitrogen and oxygen atoms in total. The number of likely N-dealkylation sites (tertiary alicyclic amines) is 1. The number of rotatable bonds is 6. The number of aryl methyl sites for hydroxylation is 1. The molecule has 1 aliphatic carbocycles.